The summed E-state index contributed by atoms with van der Waals surface area (Å²) in [7, 11) is 0. The molecule has 1 unspecified atom stereocenters. The van der Waals surface area contributed by atoms with Gasteiger partial charge in [-0.15, -0.1) is 0 Å². The fourth-order valence-corrected chi connectivity index (χ4v) is 10.4. The van der Waals surface area contributed by atoms with Gasteiger partial charge in [0.2, 0.25) is 0 Å². The van der Waals surface area contributed by atoms with Gasteiger partial charge in [-0.05, 0) is 129 Å². The lowest BCUT2D eigenvalue weighted by Crippen LogP contribution is -2.31. The highest BCUT2D eigenvalue weighted by Crippen LogP contribution is 2.63. The van der Waals surface area contributed by atoms with Crippen LogP contribution in [-0.4, -0.2) is 4.57 Å². The molecule has 1 heterocycles. The maximum absolute atomic E-state index is 2.49. The van der Waals surface area contributed by atoms with Crippen LogP contribution in [0.5, 0.6) is 0 Å². The van der Waals surface area contributed by atoms with Crippen molar-refractivity contribution in [3.63, 3.8) is 0 Å². The SMILES string of the molecule is C1=CC2=C(CC1)c1ccccc1C21c2ccc(-c3ccc(N(c4ccccc4)c4ccccc4)cc3)c3ccc4c(c23)c2c1cccc2n4-c1ccccc1. The summed E-state index contributed by atoms with van der Waals surface area (Å²) >= 11 is 0. The van der Waals surface area contributed by atoms with Crippen molar-refractivity contribution in [3.8, 4) is 16.8 Å². The molecule has 0 fully saturated rings. The van der Waals surface area contributed by atoms with Crippen LogP contribution in [0, 0.1) is 0 Å². The van der Waals surface area contributed by atoms with Crippen LogP contribution in [0.3, 0.4) is 0 Å². The Morgan fingerprint density at radius 1 is 0.455 bits per heavy atom. The lowest BCUT2D eigenvalue weighted by Gasteiger charge is -2.39. The van der Waals surface area contributed by atoms with E-state index in [0.29, 0.717) is 0 Å². The molecule has 3 aliphatic rings. The van der Waals surface area contributed by atoms with E-state index in [1.165, 1.54) is 82.8 Å². The fraction of sp³-hybridized carbons (Fsp3) is 0.0566. The van der Waals surface area contributed by atoms with Crippen LogP contribution < -0.4 is 4.90 Å². The molecular weight excluding hydrogens is 665 g/mol. The molecule has 0 amide bonds. The van der Waals surface area contributed by atoms with Crippen LogP contribution in [-0.2, 0) is 5.41 Å². The molecule has 1 atom stereocenters. The Morgan fingerprint density at radius 3 is 1.85 bits per heavy atom. The molecule has 0 radical (unpaired) electrons. The van der Waals surface area contributed by atoms with E-state index in [-0.39, 0.29) is 0 Å². The molecule has 0 bridgehead atoms. The van der Waals surface area contributed by atoms with Crippen LogP contribution >= 0.6 is 0 Å². The second kappa shape index (κ2) is 11.5. The molecule has 0 saturated carbocycles. The Balaban J connectivity index is 1.15. The molecule has 9 aromatic rings. The second-order valence-electron chi connectivity index (χ2n) is 15.1. The minimum Gasteiger partial charge on any atom is -0.311 e. The van der Waals surface area contributed by atoms with E-state index in [0.717, 1.165) is 29.9 Å². The number of benzene rings is 8. The van der Waals surface area contributed by atoms with Crippen LogP contribution in [0.25, 0.3) is 55.0 Å². The maximum Gasteiger partial charge on any atom is 0.0723 e. The van der Waals surface area contributed by atoms with E-state index in [9.17, 15) is 0 Å². The van der Waals surface area contributed by atoms with E-state index >= 15 is 0 Å². The van der Waals surface area contributed by atoms with Gasteiger partial charge in [-0.1, -0.05) is 133 Å². The highest BCUT2D eigenvalue weighted by Gasteiger charge is 2.51. The van der Waals surface area contributed by atoms with Crippen LogP contribution in [0.4, 0.5) is 17.1 Å². The number of rotatable bonds is 5. The number of anilines is 3. The molecule has 0 aliphatic heterocycles. The van der Waals surface area contributed by atoms with Gasteiger partial charge < -0.3 is 9.47 Å². The number of fused-ring (bicyclic) bond motifs is 6. The van der Waals surface area contributed by atoms with Crippen molar-refractivity contribution < 1.29 is 0 Å². The number of allylic oxidation sites excluding steroid dienone is 4. The first-order chi connectivity index (χ1) is 27.3. The Labute approximate surface area is 320 Å². The molecule has 0 saturated heterocycles. The minimum atomic E-state index is -0.404. The van der Waals surface area contributed by atoms with Gasteiger partial charge >= 0.3 is 0 Å². The predicted molar refractivity (Wildman–Crippen MR) is 230 cm³/mol. The zero-order valence-corrected chi connectivity index (χ0v) is 30.3. The first-order valence-corrected chi connectivity index (χ1v) is 19.4. The van der Waals surface area contributed by atoms with Crippen molar-refractivity contribution in [1.29, 1.82) is 0 Å². The van der Waals surface area contributed by atoms with Crippen LogP contribution in [0.2, 0.25) is 0 Å². The summed E-state index contributed by atoms with van der Waals surface area (Å²) in [6, 6.07) is 67.3. The zero-order chi connectivity index (χ0) is 36.1. The van der Waals surface area contributed by atoms with Gasteiger partial charge in [0, 0.05) is 33.5 Å². The Bertz CT molecular complexity index is 3020. The van der Waals surface area contributed by atoms with E-state index < -0.39 is 5.41 Å². The topological polar surface area (TPSA) is 8.17 Å². The van der Waals surface area contributed by atoms with Gasteiger partial charge in [0.05, 0.1) is 16.4 Å². The van der Waals surface area contributed by atoms with E-state index in [4.69, 9.17) is 0 Å². The molecule has 8 aromatic carbocycles. The van der Waals surface area contributed by atoms with Crippen LogP contribution in [0.15, 0.2) is 200 Å². The van der Waals surface area contributed by atoms with Crippen molar-refractivity contribution in [2.24, 2.45) is 0 Å². The van der Waals surface area contributed by atoms with Gasteiger partial charge in [0.1, 0.15) is 0 Å². The summed E-state index contributed by atoms with van der Waals surface area (Å²) in [4.78, 5) is 2.33. The van der Waals surface area contributed by atoms with Gasteiger partial charge in [0.25, 0.3) is 0 Å². The van der Waals surface area contributed by atoms with Gasteiger partial charge in [-0.2, -0.15) is 0 Å². The summed E-state index contributed by atoms with van der Waals surface area (Å²) < 4.78 is 2.49. The molecule has 12 rings (SSSR count). The monoisotopic (exact) mass is 700 g/mol. The number of hydrogen-bond donors (Lipinski definition) is 0. The zero-order valence-electron chi connectivity index (χ0n) is 30.3. The van der Waals surface area contributed by atoms with Gasteiger partial charge in [-0.25, -0.2) is 0 Å². The summed E-state index contributed by atoms with van der Waals surface area (Å²) in [6.45, 7) is 0. The molecule has 258 valence electrons. The lowest BCUT2D eigenvalue weighted by molar-refractivity contribution is 0.770. The Kier molecular flexibility index (Phi) is 6.41. The van der Waals surface area contributed by atoms with Gasteiger partial charge in [-0.3, -0.25) is 0 Å². The quantitative estimate of drug-likeness (QED) is 0.174. The lowest BCUT2D eigenvalue weighted by atomic mass is 9.61. The third-order valence-corrected chi connectivity index (χ3v) is 12.5. The van der Waals surface area contributed by atoms with Crippen molar-refractivity contribution in [2.75, 3.05) is 4.90 Å². The number of aromatic nitrogens is 1. The number of hydrogen-bond acceptors (Lipinski definition) is 1. The molecule has 2 nitrogen and oxygen atoms in total. The molecule has 3 aliphatic carbocycles. The maximum atomic E-state index is 2.49. The smallest absolute Gasteiger partial charge is 0.0723 e. The average Bonchev–Trinajstić information content (AvgIpc) is 3.76. The first kappa shape index (κ1) is 30.6. The normalized spacial score (nSPS) is 16.5. The van der Waals surface area contributed by atoms with E-state index in [1.54, 1.807) is 0 Å². The highest BCUT2D eigenvalue weighted by atomic mass is 15.1. The van der Waals surface area contributed by atoms with Crippen molar-refractivity contribution in [3.05, 3.63) is 222 Å². The summed E-state index contributed by atoms with van der Waals surface area (Å²) in [5, 5.41) is 5.40. The Morgan fingerprint density at radius 2 is 1.09 bits per heavy atom. The highest BCUT2D eigenvalue weighted by molar-refractivity contribution is 6.28. The number of para-hydroxylation sites is 3. The molecule has 2 heteroatoms. The van der Waals surface area contributed by atoms with Crippen molar-refractivity contribution in [1.82, 2.24) is 4.57 Å². The largest absolute Gasteiger partial charge is 0.311 e. The molecular formula is C53H36N2. The summed E-state index contributed by atoms with van der Waals surface area (Å²) in [5.74, 6) is 0. The summed E-state index contributed by atoms with van der Waals surface area (Å²) in [5.41, 5.74) is 17.7. The molecule has 55 heavy (non-hydrogen) atoms. The first-order valence-electron chi connectivity index (χ1n) is 19.4. The van der Waals surface area contributed by atoms with Crippen molar-refractivity contribution in [2.45, 2.75) is 18.3 Å². The van der Waals surface area contributed by atoms with E-state index in [2.05, 4.69) is 204 Å². The second-order valence-corrected chi connectivity index (χ2v) is 15.1. The Hall–Kier alpha value is -6.90. The van der Waals surface area contributed by atoms with E-state index in [1.807, 2.05) is 0 Å². The minimum absolute atomic E-state index is 0.404. The van der Waals surface area contributed by atoms with Crippen molar-refractivity contribution >= 4 is 55.2 Å². The average molecular weight is 701 g/mol. The standard InChI is InChI=1S/C53H36N2/c1-4-15-36(16-5-1)54(37-17-6-2-7-18-37)39-29-27-35(28-30-39)40-31-33-47-50-43(40)32-34-49-52(50)51-46(25-14-26-48(51)55(49)38-19-8-3-9-20-38)53(47)44-23-12-10-21-41(44)42-22-11-13-24-45(42)53/h1-10,12-21,23-34H,11,22H2. The van der Waals surface area contributed by atoms with Gasteiger partial charge in [0.15, 0.2) is 0 Å². The number of nitrogens with zero attached hydrogens (tertiary/aromatic N) is 2. The fourth-order valence-electron chi connectivity index (χ4n) is 10.4. The summed E-state index contributed by atoms with van der Waals surface area (Å²) in [6.07, 6.45) is 7.01. The molecule has 1 aromatic heterocycles. The van der Waals surface area contributed by atoms with Crippen LogP contribution in [0.1, 0.15) is 35.1 Å². The third-order valence-electron chi connectivity index (χ3n) is 12.5. The predicted octanol–water partition coefficient (Wildman–Crippen LogP) is 13.8. The molecule has 0 N–H and O–H groups in total. The molecule has 1 spiro atoms. The third kappa shape index (κ3) is 4.09.